The smallest absolute Gasteiger partial charge is 0.240 e. The van der Waals surface area contributed by atoms with Crippen molar-refractivity contribution in [1.82, 2.24) is 25.0 Å². The maximum Gasteiger partial charge on any atom is 0.240 e. The molecule has 1 heterocycles. The van der Waals surface area contributed by atoms with E-state index in [9.17, 15) is 13.2 Å². The molecule has 0 aliphatic carbocycles. The van der Waals surface area contributed by atoms with E-state index in [0.29, 0.717) is 6.54 Å². The van der Waals surface area contributed by atoms with Crippen molar-refractivity contribution in [2.24, 2.45) is 5.92 Å². The van der Waals surface area contributed by atoms with Crippen LogP contribution in [0, 0.1) is 5.92 Å². The summed E-state index contributed by atoms with van der Waals surface area (Å²) in [6, 6.07) is 6.68. The van der Waals surface area contributed by atoms with Gasteiger partial charge in [-0.05, 0) is 29.0 Å². The number of aromatic nitrogens is 3. The first-order chi connectivity index (χ1) is 13.5. The number of carbonyl (C=O) groups is 1. The normalized spacial score (nSPS) is 13.4. The molecule has 0 saturated carbocycles. The van der Waals surface area contributed by atoms with Crippen LogP contribution in [0.25, 0.3) is 0 Å². The molecule has 0 radical (unpaired) electrons. The monoisotopic (exact) mass is 421 g/mol. The molecule has 0 aliphatic rings. The molecule has 2 rings (SSSR count). The van der Waals surface area contributed by atoms with Crippen LogP contribution in [-0.2, 0) is 26.8 Å². The standard InChI is InChI=1S/C20H31N5O3S/c1-15(2)18(14-25-21-12-13-22-25)24-19(26)10-11-23-29(27,28)17-8-6-16(7-9-17)20(3,4)5/h6-9,12-13,15,18,23H,10-11,14H2,1-5H3,(H,24,26). The Bertz CT molecular complexity index is 885. The summed E-state index contributed by atoms with van der Waals surface area (Å²) < 4.78 is 27.4. The van der Waals surface area contributed by atoms with Gasteiger partial charge in [-0.15, -0.1) is 0 Å². The lowest BCUT2D eigenvalue weighted by Crippen LogP contribution is -2.43. The Kier molecular flexibility index (Phi) is 7.54. The lowest BCUT2D eigenvalue weighted by atomic mass is 9.87. The number of nitrogens with one attached hydrogen (secondary N) is 2. The molecule has 1 amide bonds. The van der Waals surface area contributed by atoms with Gasteiger partial charge in [-0.1, -0.05) is 46.8 Å². The molecule has 1 aromatic heterocycles. The molecular weight excluding hydrogens is 390 g/mol. The fourth-order valence-electron chi connectivity index (χ4n) is 2.73. The summed E-state index contributed by atoms with van der Waals surface area (Å²) in [6.45, 7) is 10.7. The Labute approximate surface area is 173 Å². The molecule has 2 aromatic rings. The number of sulfonamides is 1. The highest BCUT2D eigenvalue weighted by atomic mass is 32.2. The second-order valence-corrected chi connectivity index (χ2v) is 10.2. The zero-order valence-corrected chi connectivity index (χ0v) is 18.5. The number of hydrogen-bond donors (Lipinski definition) is 2. The first kappa shape index (κ1) is 23.0. The van der Waals surface area contributed by atoms with E-state index < -0.39 is 10.0 Å². The van der Waals surface area contributed by atoms with E-state index in [0.717, 1.165) is 5.56 Å². The van der Waals surface area contributed by atoms with Crippen molar-refractivity contribution in [2.45, 2.75) is 63.9 Å². The number of rotatable bonds is 9. The Morgan fingerprint density at radius 3 is 2.21 bits per heavy atom. The lowest BCUT2D eigenvalue weighted by molar-refractivity contribution is -0.122. The van der Waals surface area contributed by atoms with Crippen LogP contribution in [0.5, 0.6) is 0 Å². The van der Waals surface area contributed by atoms with Crippen LogP contribution in [0.3, 0.4) is 0 Å². The molecule has 0 bridgehead atoms. The van der Waals surface area contributed by atoms with Crippen LogP contribution in [0.1, 0.15) is 46.6 Å². The maximum atomic E-state index is 12.5. The number of carbonyl (C=O) groups excluding carboxylic acids is 1. The minimum atomic E-state index is -3.66. The summed E-state index contributed by atoms with van der Waals surface area (Å²) in [4.78, 5) is 14.0. The van der Waals surface area contributed by atoms with Crippen LogP contribution < -0.4 is 10.0 Å². The van der Waals surface area contributed by atoms with Gasteiger partial charge in [0.15, 0.2) is 0 Å². The van der Waals surface area contributed by atoms with Crippen LogP contribution in [0.4, 0.5) is 0 Å². The van der Waals surface area contributed by atoms with E-state index in [1.54, 1.807) is 24.5 Å². The molecular formula is C20H31N5O3S. The zero-order valence-electron chi connectivity index (χ0n) is 17.7. The Hall–Kier alpha value is -2.26. The largest absolute Gasteiger partial charge is 0.351 e. The van der Waals surface area contributed by atoms with Gasteiger partial charge in [-0.25, -0.2) is 13.1 Å². The minimum Gasteiger partial charge on any atom is -0.351 e. The van der Waals surface area contributed by atoms with Crippen molar-refractivity contribution in [3.05, 3.63) is 42.2 Å². The molecule has 0 spiro atoms. The highest BCUT2D eigenvalue weighted by Crippen LogP contribution is 2.23. The van der Waals surface area contributed by atoms with Crippen molar-refractivity contribution in [2.75, 3.05) is 6.54 Å². The van der Waals surface area contributed by atoms with Crippen molar-refractivity contribution in [1.29, 1.82) is 0 Å². The summed E-state index contributed by atoms with van der Waals surface area (Å²) >= 11 is 0. The van der Waals surface area contributed by atoms with E-state index in [1.165, 1.54) is 4.80 Å². The van der Waals surface area contributed by atoms with Gasteiger partial charge >= 0.3 is 0 Å². The van der Waals surface area contributed by atoms with Gasteiger partial charge in [-0.3, -0.25) is 4.79 Å². The van der Waals surface area contributed by atoms with Crippen molar-refractivity contribution < 1.29 is 13.2 Å². The van der Waals surface area contributed by atoms with Crippen molar-refractivity contribution in [3.63, 3.8) is 0 Å². The summed E-state index contributed by atoms with van der Waals surface area (Å²) in [7, 11) is -3.66. The van der Waals surface area contributed by atoms with Crippen molar-refractivity contribution in [3.8, 4) is 0 Å². The van der Waals surface area contributed by atoms with Crippen LogP contribution >= 0.6 is 0 Å². The third-order valence-electron chi connectivity index (χ3n) is 4.65. The average molecular weight is 422 g/mol. The third-order valence-corrected chi connectivity index (χ3v) is 6.13. The molecule has 2 N–H and O–H groups in total. The lowest BCUT2D eigenvalue weighted by Gasteiger charge is -2.22. The average Bonchev–Trinajstić information content (AvgIpc) is 3.13. The number of benzene rings is 1. The van der Waals surface area contributed by atoms with E-state index in [-0.39, 0.29) is 41.1 Å². The molecule has 160 valence electrons. The SMILES string of the molecule is CC(C)C(Cn1nccn1)NC(=O)CCNS(=O)(=O)c1ccc(C(C)(C)C)cc1. The topological polar surface area (TPSA) is 106 Å². The highest BCUT2D eigenvalue weighted by Gasteiger charge is 2.20. The fourth-order valence-corrected chi connectivity index (χ4v) is 3.76. The predicted octanol–water partition coefficient (Wildman–Crippen LogP) is 2.08. The van der Waals surface area contributed by atoms with Crippen molar-refractivity contribution >= 4 is 15.9 Å². The molecule has 1 atom stereocenters. The fraction of sp³-hybridized carbons (Fsp3) is 0.550. The Morgan fingerprint density at radius 1 is 1.10 bits per heavy atom. The summed E-state index contributed by atoms with van der Waals surface area (Å²) in [5.74, 6) is -0.0374. The summed E-state index contributed by atoms with van der Waals surface area (Å²) in [6.07, 6.45) is 3.22. The van der Waals surface area contributed by atoms with Gasteiger partial charge in [0.25, 0.3) is 0 Å². The first-order valence-electron chi connectivity index (χ1n) is 9.73. The van der Waals surface area contributed by atoms with E-state index >= 15 is 0 Å². The van der Waals surface area contributed by atoms with E-state index in [2.05, 4.69) is 41.0 Å². The van der Waals surface area contributed by atoms with E-state index in [4.69, 9.17) is 0 Å². The summed E-state index contributed by atoms with van der Waals surface area (Å²) in [5, 5.41) is 11.0. The van der Waals surface area contributed by atoms with Crippen LogP contribution in [0.2, 0.25) is 0 Å². The van der Waals surface area contributed by atoms with Gasteiger partial charge < -0.3 is 5.32 Å². The maximum absolute atomic E-state index is 12.5. The number of nitrogens with zero attached hydrogens (tertiary/aromatic N) is 3. The first-order valence-corrected chi connectivity index (χ1v) is 11.2. The second-order valence-electron chi connectivity index (χ2n) is 8.42. The zero-order chi connectivity index (χ0) is 21.7. The quantitative estimate of drug-likeness (QED) is 0.645. The molecule has 0 fully saturated rings. The van der Waals surface area contributed by atoms with Gasteiger partial charge in [0.05, 0.1) is 29.9 Å². The van der Waals surface area contributed by atoms with Crippen LogP contribution in [0.15, 0.2) is 41.6 Å². The Morgan fingerprint density at radius 2 is 1.69 bits per heavy atom. The molecule has 0 aliphatic heterocycles. The number of amides is 1. The Balaban J connectivity index is 1.88. The third kappa shape index (κ3) is 6.93. The summed E-state index contributed by atoms with van der Waals surface area (Å²) in [5.41, 5.74) is 1.01. The minimum absolute atomic E-state index is 0.0278. The van der Waals surface area contributed by atoms with Gasteiger partial charge in [0.2, 0.25) is 15.9 Å². The number of hydrogen-bond acceptors (Lipinski definition) is 5. The van der Waals surface area contributed by atoms with E-state index in [1.807, 2.05) is 26.0 Å². The predicted molar refractivity (Wildman–Crippen MR) is 112 cm³/mol. The molecule has 0 saturated heterocycles. The van der Waals surface area contributed by atoms with Crippen LogP contribution in [-0.4, -0.2) is 41.9 Å². The van der Waals surface area contributed by atoms with Gasteiger partial charge in [0, 0.05) is 13.0 Å². The molecule has 9 heteroatoms. The highest BCUT2D eigenvalue weighted by molar-refractivity contribution is 7.89. The van der Waals surface area contributed by atoms with Gasteiger partial charge in [-0.2, -0.15) is 15.0 Å². The molecule has 1 aromatic carbocycles. The molecule has 8 nitrogen and oxygen atoms in total. The van der Waals surface area contributed by atoms with Gasteiger partial charge in [0.1, 0.15) is 0 Å². The second kappa shape index (κ2) is 9.49. The molecule has 29 heavy (non-hydrogen) atoms. The molecule has 1 unspecified atom stereocenters.